The second-order valence-electron chi connectivity index (χ2n) is 21.8. The summed E-state index contributed by atoms with van der Waals surface area (Å²) in [6.07, 6.45) is 53.8. The van der Waals surface area contributed by atoms with Crippen molar-refractivity contribution in [3.63, 3.8) is 0 Å². The summed E-state index contributed by atoms with van der Waals surface area (Å²) in [5, 5.41) is 0. The molecule has 2 atom stereocenters. The predicted molar refractivity (Wildman–Crippen MR) is 284 cm³/mol. The van der Waals surface area contributed by atoms with Crippen LogP contribution in [0.2, 0.25) is 0 Å². The van der Waals surface area contributed by atoms with Gasteiger partial charge in [-0.05, 0) is 37.0 Å². The number of esters is 3. The third-order valence-corrected chi connectivity index (χ3v) is 14.0. The summed E-state index contributed by atoms with van der Waals surface area (Å²) < 4.78 is 16.9. The molecule has 0 aliphatic carbocycles. The molecule has 1 unspecified atom stereocenters. The van der Waals surface area contributed by atoms with E-state index in [1.165, 1.54) is 212 Å². The number of rotatable bonds is 53. The van der Waals surface area contributed by atoms with Crippen LogP contribution in [0.15, 0.2) is 0 Å². The molecule has 0 N–H and O–H groups in total. The lowest BCUT2D eigenvalue weighted by molar-refractivity contribution is -0.167. The van der Waals surface area contributed by atoms with Crippen molar-refractivity contribution in [3.05, 3.63) is 0 Å². The van der Waals surface area contributed by atoms with E-state index in [1.54, 1.807) is 0 Å². The Kier molecular flexibility index (Phi) is 50.0. The number of ether oxygens (including phenoxy) is 3. The summed E-state index contributed by atoms with van der Waals surface area (Å²) in [7, 11) is 0. The average Bonchev–Trinajstić information content (AvgIpc) is 3.29. The molecule has 6 nitrogen and oxygen atoms in total. The Morgan fingerprint density at radius 3 is 0.788 bits per heavy atom. The van der Waals surface area contributed by atoms with Crippen LogP contribution < -0.4 is 0 Å². The van der Waals surface area contributed by atoms with E-state index >= 15 is 0 Å². The first kappa shape index (κ1) is 64.4. The molecule has 392 valence electrons. The Bertz CT molecular complexity index is 1020. The second kappa shape index (κ2) is 51.3. The zero-order chi connectivity index (χ0) is 48.4. The van der Waals surface area contributed by atoms with Crippen molar-refractivity contribution in [1.29, 1.82) is 0 Å². The molecule has 0 heterocycles. The Labute approximate surface area is 412 Å². The highest BCUT2D eigenvalue weighted by Gasteiger charge is 2.19. The highest BCUT2D eigenvalue weighted by molar-refractivity contribution is 5.71. The van der Waals surface area contributed by atoms with Crippen LogP contribution in [0.1, 0.15) is 330 Å². The van der Waals surface area contributed by atoms with E-state index in [-0.39, 0.29) is 31.1 Å². The first-order chi connectivity index (χ1) is 32.1. The lowest BCUT2D eigenvalue weighted by atomic mass is 9.99. The minimum Gasteiger partial charge on any atom is -0.462 e. The van der Waals surface area contributed by atoms with Crippen molar-refractivity contribution in [2.45, 2.75) is 337 Å². The topological polar surface area (TPSA) is 78.9 Å². The zero-order valence-electron chi connectivity index (χ0n) is 45.5. The van der Waals surface area contributed by atoms with Crippen molar-refractivity contribution < 1.29 is 28.6 Å². The number of carbonyl (C=O) groups excluding carboxylic acids is 3. The quantitative estimate of drug-likeness (QED) is 0.0343. The van der Waals surface area contributed by atoms with Crippen LogP contribution in [0, 0.1) is 17.8 Å². The van der Waals surface area contributed by atoms with Gasteiger partial charge in [0, 0.05) is 19.3 Å². The van der Waals surface area contributed by atoms with Crippen LogP contribution in [0.25, 0.3) is 0 Å². The van der Waals surface area contributed by atoms with Gasteiger partial charge in [-0.15, -0.1) is 0 Å². The van der Waals surface area contributed by atoms with Gasteiger partial charge >= 0.3 is 17.9 Å². The fraction of sp³-hybridized carbons (Fsp3) is 0.950. The van der Waals surface area contributed by atoms with Crippen LogP contribution in [-0.2, 0) is 28.6 Å². The molecule has 0 aromatic rings. The van der Waals surface area contributed by atoms with Gasteiger partial charge < -0.3 is 14.2 Å². The van der Waals surface area contributed by atoms with Gasteiger partial charge in [0.2, 0.25) is 0 Å². The van der Waals surface area contributed by atoms with E-state index in [2.05, 4.69) is 41.5 Å². The van der Waals surface area contributed by atoms with Crippen molar-refractivity contribution in [2.24, 2.45) is 17.8 Å². The molecule has 0 saturated carbocycles. The monoisotopic (exact) mass is 933 g/mol. The van der Waals surface area contributed by atoms with Crippen molar-refractivity contribution in [1.82, 2.24) is 0 Å². The van der Waals surface area contributed by atoms with Crippen LogP contribution in [0.4, 0.5) is 0 Å². The maximum Gasteiger partial charge on any atom is 0.306 e. The molecule has 0 aliphatic rings. The average molecular weight is 934 g/mol. The minimum absolute atomic E-state index is 0.0636. The number of hydrogen-bond donors (Lipinski definition) is 0. The molecule has 0 rings (SSSR count). The van der Waals surface area contributed by atoms with Gasteiger partial charge in [-0.2, -0.15) is 0 Å². The number of hydrogen-bond acceptors (Lipinski definition) is 6. The Balaban J connectivity index is 4.28. The molecule has 6 heteroatoms. The van der Waals surface area contributed by atoms with Gasteiger partial charge in [0.1, 0.15) is 13.2 Å². The Hall–Kier alpha value is -1.59. The van der Waals surface area contributed by atoms with Crippen molar-refractivity contribution in [2.75, 3.05) is 13.2 Å². The molecule has 0 radical (unpaired) electrons. The Morgan fingerprint density at radius 1 is 0.303 bits per heavy atom. The third kappa shape index (κ3) is 51.8. The second-order valence-corrected chi connectivity index (χ2v) is 21.8. The Morgan fingerprint density at radius 2 is 0.530 bits per heavy atom. The van der Waals surface area contributed by atoms with E-state index in [1.807, 2.05) is 0 Å². The summed E-state index contributed by atoms with van der Waals surface area (Å²) in [5.41, 5.74) is 0. The van der Waals surface area contributed by atoms with Crippen LogP contribution in [-0.4, -0.2) is 37.2 Å². The van der Waals surface area contributed by atoms with Crippen LogP contribution >= 0.6 is 0 Å². The first-order valence-corrected chi connectivity index (χ1v) is 29.6. The highest BCUT2D eigenvalue weighted by Crippen LogP contribution is 2.19. The molecule has 0 fully saturated rings. The standard InChI is InChI=1S/C60H116O6/c1-7-56(6)48-42-36-30-26-27-32-38-44-50-59(62)65-53-57(52-64-58(61)49-43-37-31-24-20-16-13-12-15-19-23-29-35-41-47-55(4)5)66-60(63)51-45-39-33-25-21-17-11-9-8-10-14-18-22-28-34-40-46-54(2)3/h54-57H,7-53H2,1-6H3/t56?,57-/m0/s1. The van der Waals surface area contributed by atoms with Gasteiger partial charge in [-0.3, -0.25) is 14.4 Å². The van der Waals surface area contributed by atoms with E-state index < -0.39 is 6.10 Å². The van der Waals surface area contributed by atoms with Crippen LogP contribution in [0.3, 0.4) is 0 Å². The van der Waals surface area contributed by atoms with Gasteiger partial charge in [0.15, 0.2) is 6.10 Å². The first-order valence-electron chi connectivity index (χ1n) is 29.6. The smallest absolute Gasteiger partial charge is 0.306 e. The SMILES string of the molecule is CCC(C)CCCCCCCCCCC(=O)OC[C@H](COC(=O)CCCCCCCCCCCCCCCCC(C)C)OC(=O)CCCCCCCCCCCCCCCCCCC(C)C. The molecule has 0 spiro atoms. The van der Waals surface area contributed by atoms with Gasteiger partial charge in [-0.25, -0.2) is 0 Å². The fourth-order valence-corrected chi connectivity index (χ4v) is 9.14. The molecule has 0 aromatic carbocycles. The lowest BCUT2D eigenvalue weighted by Gasteiger charge is -2.18. The fourth-order valence-electron chi connectivity index (χ4n) is 9.14. The molecular formula is C60H116O6. The van der Waals surface area contributed by atoms with Crippen LogP contribution in [0.5, 0.6) is 0 Å². The van der Waals surface area contributed by atoms with E-state index in [4.69, 9.17) is 14.2 Å². The maximum absolute atomic E-state index is 12.9. The summed E-state index contributed by atoms with van der Waals surface area (Å²) in [4.78, 5) is 38.2. The number of carbonyl (C=O) groups is 3. The molecule has 66 heavy (non-hydrogen) atoms. The van der Waals surface area contributed by atoms with Crippen molar-refractivity contribution >= 4 is 17.9 Å². The molecule has 0 bridgehead atoms. The summed E-state index contributed by atoms with van der Waals surface area (Å²) in [6.45, 7) is 13.8. The van der Waals surface area contributed by atoms with Gasteiger partial charge in [-0.1, -0.05) is 292 Å². The molecule has 0 aliphatic heterocycles. The summed E-state index contributed by atoms with van der Waals surface area (Å²) in [6, 6.07) is 0. The largest absolute Gasteiger partial charge is 0.462 e. The summed E-state index contributed by atoms with van der Waals surface area (Å²) in [5.74, 6) is 1.70. The van der Waals surface area contributed by atoms with E-state index in [0.29, 0.717) is 19.3 Å². The highest BCUT2D eigenvalue weighted by atomic mass is 16.6. The van der Waals surface area contributed by atoms with E-state index in [0.717, 1.165) is 75.5 Å². The van der Waals surface area contributed by atoms with Gasteiger partial charge in [0.25, 0.3) is 0 Å². The zero-order valence-corrected chi connectivity index (χ0v) is 45.5. The van der Waals surface area contributed by atoms with Crippen molar-refractivity contribution in [3.8, 4) is 0 Å². The summed E-state index contributed by atoms with van der Waals surface area (Å²) >= 11 is 0. The third-order valence-electron chi connectivity index (χ3n) is 14.0. The normalized spacial score (nSPS) is 12.5. The lowest BCUT2D eigenvalue weighted by Crippen LogP contribution is -2.30. The maximum atomic E-state index is 12.9. The molecule has 0 aromatic heterocycles. The minimum atomic E-state index is -0.764. The molecular weight excluding hydrogens is 817 g/mol. The van der Waals surface area contributed by atoms with E-state index in [9.17, 15) is 14.4 Å². The van der Waals surface area contributed by atoms with Gasteiger partial charge in [0.05, 0.1) is 0 Å². The molecule has 0 saturated heterocycles. The number of unbranched alkanes of at least 4 members (excludes halogenated alkanes) is 35. The molecule has 0 amide bonds. The predicted octanol–water partition coefficient (Wildman–Crippen LogP) is 19.5.